The van der Waals surface area contributed by atoms with E-state index in [2.05, 4.69) is 19.2 Å². The highest BCUT2D eigenvalue weighted by molar-refractivity contribution is 6.06. The fraction of sp³-hybridized carbons (Fsp3) is 0.312. The lowest BCUT2D eigenvalue weighted by Gasteiger charge is -2.11. The molecule has 0 aromatic heterocycles. The molecule has 2 aromatic carbocycles. The minimum atomic E-state index is 0.0205. The lowest BCUT2D eigenvalue weighted by Crippen LogP contribution is -2.28. The molecule has 0 aliphatic rings. The number of carbonyl (C=O) groups excluding carboxylic acids is 1. The van der Waals surface area contributed by atoms with Crippen LogP contribution < -0.4 is 5.32 Å². The van der Waals surface area contributed by atoms with E-state index in [1.807, 2.05) is 42.5 Å². The molecular formula is C16H19NO. The summed E-state index contributed by atoms with van der Waals surface area (Å²) in [4.78, 5) is 12.2. The van der Waals surface area contributed by atoms with Crippen molar-refractivity contribution >= 4 is 16.7 Å². The van der Waals surface area contributed by atoms with Crippen LogP contribution in [0.25, 0.3) is 10.8 Å². The lowest BCUT2D eigenvalue weighted by molar-refractivity contribution is 0.0949. The minimum Gasteiger partial charge on any atom is -0.352 e. The summed E-state index contributed by atoms with van der Waals surface area (Å²) >= 11 is 0. The third kappa shape index (κ3) is 2.70. The van der Waals surface area contributed by atoms with Crippen molar-refractivity contribution in [3.05, 3.63) is 48.0 Å². The number of nitrogens with one attached hydrogen (secondary N) is 1. The number of amides is 1. The first-order valence-corrected chi connectivity index (χ1v) is 6.48. The average molecular weight is 241 g/mol. The zero-order chi connectivity index (χ0) is 13.0. The van der Waals surface area contributed by atoms with Gasteiger partial charge in [0.05, 0.1) is 0 Å². The van der Waals surface area contributed by atoms with Crippen LogP contribution in [0.4, 0.5) is 0 Å². The third-order valence-corrected chi connectivity index (χ3v) is 3.34. The topological polar surface area (TPSA) is 29.1 Å². The number of fused-ring (bicyclic) bond motifs is 1. The van der Waals surface area contributed by atoms with Crippen LogP contribution in [0.1, 0.15) is 30.6 Å². The van der Waals surface area contributed by atoms with Gasteiger partial charge in [0.2, 0.25) is 0 Å². The van der Waals surface area contributed by atoms with Gasteiger partial charge >= 0.3 is 0 Å². The molecule has 94 valence electrons. The molecule has 0 heterocycles. The molecule has 0 fully saturated rings. The van der Waals surface area contributed by atoms with Crippen LogP contribution in [-0.2, 0) is 0 Å². The van der Waals surface area contributed by atoms with Crippen LogP contribution >= 0.6 is 0 Å². The van der Waals surface area contributed by atoms with Crippen LogP contribution in [0.3, 0.4) is 0 Å². The van der Waals surface area contributed by atoms with Crippen LogP contribution in [0.5, 0.6) is 0 Å². The molecular weight excluding hydrogens is 222 g/mol. The summed E-state index contributed by atoms with van der Waals surface area (Å²) in [5.41, 5.74) is 0.761. The largest absolute Gasteiger partial charge is 0.352 e. The highest BCUT2D eigenvalue weighted by Gasteiger charge is 2.09. The molecule has 1 N–H and O–H groups in total. The number of hydrogen-bond donors (Lipinski definition) is 1. The van der Waals surface area contributed by atoms with Crippen molar-refractivity contribution in [1.29, 1.82) is 0 Å². The maximum atomic E-state index is 12.2. The van der Waals surface area contributed by atoms with Gasteiger partial charge in [-0.2, -0.15) is 0 Å². The molecule has 2 aromatic rings. The van der Waals surface area contributed by atoms with Gasteiger partial charge in [-0.15, -0.1) is 0 Å². The van der Waals surface area contributed by atoms with Crippen LogP contribution in [-0.4, -0.2) is 12.5 Å². The number of rotatable bonds is 4. The van der Waals surface area contributed by atoms with Gasteiger partial charge in [-0.3, -0.25) is 4.79 Å². The molecule has 1 unspecified atom stereocenters. The average Bonchev–Trinajstić information content (AvgIpc) is 2.43. The molecule has 1 atom stereocenters. The molecule has 0 saturated heterocycles. The van der Waals surface area contributed by atoms with Gasteiger partial charge in [0.15, 0.2) is 0 Å². The van der Waals surface area contributed by atoms with E-state index in [-0.39, 0.29) is 5.91 Å². The summed E-state index contributed by atoms with van der Waals surface area (Å²) in [7, 11) is 0. The van der Waals surface area contributed by atoms with E-state index < -0.39 is 0 Å². The van der Waals surface area contributed by atoms with Crippen molar-refractivity contribution in [1.82, 2.24) is 5.32 Å². The number of benzene rings is 2. The Bertz CT molecular complexity index is 542. The lowest BCUT2D eigenvalue weighted by atomic mass is 10.0. The van der Waals surface area contributed by atoms with Crippen LogP contribution in [0.15, 0.2) is 42.5 Å². The molecule has 0 spiro atoms. The van der Waals surface area contributed by atoms with Crippen molar-refractivity contribution in [2.45, 2.75) is 20.3 Å². The molecule has 0 aliphatic heterocycles. The van der Waals surface area contributed by atoms with Gasteiger partial charge < -0.3 is 5.32 Å². The van der Waals surface area contributed by atoms with E-state index in [0.29, 0.717) is 5.92 Å². The molecule has 18 heavy (non-hydrogen) atoms. The summed E-state index contributed by atoms with van der Waals surface area (Å²) in [6, 6.07) is 13.8. The predicted molar refractivity (Wildman–Crippen MR) is 75.7 cm³/mol. The van der Waals surface area contributed by atoms with E-state index >= 15 is 0 Å². The summed E-state index contributed by atoms with van der Waals surface area (Å²) < 4.78 is 0. The molecule has 0 saturated carbocycles. The normalized spacial score (nSPS) is 12.3. The quantitative estimate of drug-likeness (QED) is 0.870. The molecule has 0 radical (unpaired) electrons. The molecule has 2 nitrogen and oxygen atoms in total. The van der Waals surface area contributed by atoms with E-state index in [4.69, 9.17) is 0 Å². The summed E-state index contributed by atoms with van der Waals surface area (Å²) in [5, 5.41) is 5.12. The van der Waals surface area contributed by atoms with Crippen LogP contribution in [0, 0.1) is 5.92 Å². The fourth-order valence-electron chi connectivity index (χ4n) is 1.93. The van der Waals surface area contributed by atoms with Gasteiger partial charge in [-0.25, -0.2) is 0 Å². The molecule has 0 bridgehead atoms. The predicted octanol–water partition coefficient (Wildman–Crippen LogP) is 3.62. The Labute approximate surface area is 108 Å². The van der Waals surface area contributed by atoms with Crippen LogP contribution in [0.2, 0.25) is 0 Å². The standard InChI is InChI=1S/C16H19NO/c1-3-12(2)11-17-16(18)15-10-6-8-13-7-4-5-9-14(13)15/h4-10,12H,3,11H2,1-2H3,(H,17,18). The van der Waals surface area contributed by atoms with Crippen molar-refractivity contribution < 1.29 is 4.79 Å². The number of hydrogen-bond acceptors (Lipinski definition) is 1. The first-order valence-electron chi connectivity index (χ1n) is 6.48. The second-order valence-electron chi connectivity index (χ2n) is 4.75. The Morgan fingerprint density at radius 3 is 2.67 bits per heavy atom. The van der Waals surface area contributed by atoms with Gasteiger partial charge in [-0.1, -0.05) is 56.7 Å². The summed E-state index contributed by atoms with van der Waals surface area (Å²) in [6.45, 7) is 5.01. The Morgan fingerprint density at radius 2 is 1.89 bits per heavy atom. The van der Waals surface area contributed by atoms with Gasteiger partial charge in [0.25, 0.3) is 5.91 Å². The SMILES string of the molecule is CCC(C)CNC(=O)c1cccc2ccccc12. The van der Waals surface area contributed by atoms with Crippen molar-refractivity contribution in [2.24, 2.45) is 5.92 Å². The Balaban J connectivity index is 2.22. The first-order chi connectivity index (χ1) is 8.72. The van der Waals surface area contributed by atoms with E-state index in [1.54, 1.807) is 0 Å². The maximum absolute atomic E-state index is 12.2. The van der Waals surface area contributed by atoms with E-state index in [9.17, 15) is 4.79 Å². The Morgan fingerprint density at radius 1 is 1.17 bits per heavy atom. The maximum Gasteiger partial charge on any atom is 0.251 e. The fourth-order valence-corrected chi connectivity index (χ4v) is 1.93. The van der Waals surface area contributed by atoms with Crippen molar-refractivity contribution in [2.75, 3.05) is 6.54 Å². The first kappa shape index (κ1) is 12.6. The molecule has 1 amide bonds. The summed E-state index contributed by atoms with van der Waals surface area (Å²) in [5.74, 6) is 0.538. The smallest absolute Gasteiger partial charge is 0.251 e. The molecule has 2 rings (SSSR count). The number of carbonyl (C=O) groups is 1. The van der Waals surface area contributed by atoms with E-state index in [0.717, 1.165) is 29.3 Å². The Hall–Kier alpha value is -1.83. The minimum absolute atomic E-state index is 0.0205. The van der Waals surface area contributed by atoms with Crippen molar-refractivity contribution in [3.8, 4) is 0 Å². The highest BCUT2D eigenvalue weighted by atomic mass is 16.1. The zero-order valence-corrected chi connectivity index (χ0v) is 10.9. The summed E-state index contributed by atoms with van der Waals surface area (Å²) in [6.07, 6.45) is 1.08. The molecule has 0 aliphatic carbocycles. The van der Waals surface area contributed by atoms with Gasteiger partial charge in [-0.05, 0) is 22.8 Å². The molecule has 2 heteroatoms. The second-order valence-corrected chi connectivity index (χ2v) is 4.75. The van der Waals surface area contributed by atoms with Gasteiger partial charge in [0, 0.05) is 12.1 Å². The zero-order valence-electron chi connectivity index (χ0n) is 10.9. The Kier molecular flexibility index (Phi) is 3.98. The van der Waals surface area contributed by atoms with Crippen molar-refractivity contribution in [3.63, 3.8) is 0 Å². The monoisotopic (exact) mass is 241 g/mol. The van der Waals surface area contributed by atoms with E-state index in [1.165, 1.54) is 0 Å². The van der Waals surface area contributed by atoms with Gasteiger partial charge in [0.1, 0.15) is 0 Å². The second kappa shape index (κ2) is 5.67. The highest BCUT2D eigenvalue weighted by Crippen LogP contribution is 2.18. The third-order valence-electron chi connectivity index (χ3n) is 3.34.